The van der Waals surface area contributed by atoms with Crippen molar-refractivity contribution in [2.24, 2.45) is 0 Å². The van der Waals surface area contributed by atoms with Crippen LogP contribution in [-0.2, 0) is 0 Å². The number of aromatic nitrogens is 5. The molecule has 0 N–H and O–H groups in total. The number of pyridine rings is 1. The van der Waals surface area contributed by atoms with Crippen LogP contribution < -0.4 is 0 Å². The van der Waals surface area contributed by atoms with Crippen LogP contribution in [0.15, 0.2) is 132 Å². The van der Waals surface area contributed by atoms with Gasteiger partial charge in [0, 0.05) is 44.3 Å². The van der Waals surface area contributed by atoms with Crippen molar-refractivity contribution in [1.82, 2.24) is 24.5 Å². The van der Waals surface area contributed by atoms with Crippen molar-refractivity contribution in [2.45, 2.75) is 0 Å². The first kappa shape index (κ1) is 22.9. The van der Waals surface area contributed by atoms with Crippen LogP contribution in [0.5, 0.6) is 0 Å². The number of rotatable bonds is 3. The SMILES string of the molecule is c1ccc(-c2nc(-c3ccccc3)nc(-n3c4c(ccc5cccnc54)c4ccc5c6ccccc6oc5c43)n2)cc1. The van der Waals surface area contributed by atoms with Gasteiger partial charge in [-0.25, -0.2) is 4.98 Å². The maximum absolute atomic E-state index is 6.59. The van der Waals surface area contributed by atoms with E-state index < -0.39 is 0 Å². The topological polar surface area (TPSA) is 69.6 Å². The molecule has 0 aliphatic carbocycles. The number of benzene rings is 5. The molecule has 0 aliphatic heterocycles. The van der Waals surface area contributed by atoms with E-state index in [0.717, 1.165) is 65.8 Å². The fourth-order valence-corrected chi connectivity index (χ4v) is 6.00. The van der Waals surface area contributed by atoms with Gasteiger partial charge < -0.3 is 4.42 Å². The highest BCUT2D eigenvalue weighted by molar-refractivity contribution is 6.24. The third kappa shape index (κ3) is 3.32. The highest BCUT2D eigenvalue weighted by Gasteiger charge is 2.23. The predicted molar refractivity (Wildman–Crippen MR) is 168 cm³/mol. The number of hydrogen-bond acceptors (Lipinski definition) is 5. The molecule has 0 unspecified atom stereocenters. The summed E-state index contributed by atoms with van der Waals surface area (Å²) in [6.07, 6.45) is 1.83. The predicted octanol–water partition coefficient (Wildman–Crippen LogP) is 8.75. The van der Waals surface area contributed by atoms with Gasteiger partial charge in [0.05, 0.1) is 11.0 Å². The molecule has 0 radical (unpaired) electrons. The molecule has 196 valence electrons. The number of fused-ring (bicyclic) bond motifs is 9. The van der Waals surface area contributed by atoms with Gasteiger partial charge in [-0.05, 0) is 18.2 Å². The fourth-order valence-electron chi connectivity index (χ4n) is 6.00. The lowest BCUT2D eigenvalue weighted by Gasteiger charge is -2.11. The van der Waals surface area contributed by atoms with Gasteiger partial charge in [-0.2, -0.15) is 9.97 Å². The summed E-state index contributed by atoms with van der Waals surface area (Å²) in [5.41, 5.74) is 6.16. The van der Waals surface area contributed by atoms with E-state index in [1.165, 1.54) is 0 Å². The van der Waals surface area contributed by atoms with Gasteiger partial charge in [0.1, 0.15) is 11.1 Å². The summed E-state index contributed by atoms with van der Waals surface area (Å²) in [5, 5.41) is 5.25. The largest absolute Gasteiger partial charge is 0.454 e. The van der Waals surface area contributed by atoms with Gasteiger partial charge in [-0.1, -0.05) is 103 Å². The number of para-hydroxylation sites is 1. The highest BCUT2D eigenvalue weighted by atomic mass is 16.3. The van der Waals surface area contributed by atoms with E-state index >= 15 is 0 Å². The smallest absolute Gasteiger partial charge is 0.238 e. The van der Waals surface area contributed by atoms with Gasteiger partial charge in [0.2, 0.25) is 5.95 Å². The minimum Gasteiger partial charge on any atom is -0.454 e. The molecule has 0 fully saturated rings. The zero-order valence-electron chi connectivity index (χ0n) is 22.3. The van der Waals surface area contributed by atoms with E-state index in [0.29, 0.717) is 17.6 Å². The van der Waals surface area contributed by atoms with Gasteiger partial charge >= 0.3 is 0 Å². The summed E-state index contributed by atoms with van der Waals surface area (Å²) in [6.45, 7) is 0. The summed E-state index contributed by atoms with van der Waals surface area (Å²) < 4.78 is 8.70. The summed E-state index contributed by atoms with van der Waals surface area (Å²) >= 11 is 0. The molecule has 42 heavy (non-hydrogen) atoms. The second-order valence-electron chi connectivity index (χ2n) is 10.3. The van der Waals surface area contributed by atoms with Gasteiger partial charge in [0.15, 0.2) is 17.2 Å². The molecule has 0 amide bonds. The molecule has 0 aliphatic rings. The van der Waals surface area contributed by atoms with Crippen LogP contribution in [-0.4, -0.2) is 24.5 Å². The first-order chi connectivity index (χ1) is 20.8. The molecule has 5 aromatic carbocycles. The van der Waals surface area contributed by atoms with Crippen molar-refractivity contribution < 1.29 is 4.42 Å². The fraction of sp³-hybridized carbons (Fsp3) is 0. The van der Waals surface area contributed by atoms with E-state index in [-0.39, 0.29) is 0 Å². The quantitative estimate of drug-likeness (QED) is 0.224. The Morgan fingerprint density at radius 3 is 1.90 bits per heavy atom. The van der Waals surface area contributed by atoms with Gasteiger partial charge in [-0.15, -0.1) is 0 Å². The standard InChI is InChI=1S/C36H21N5O/c1-3-10-23(11-4-1)34-38-35(24-12-5-2-6-13-24)40-36(39-34)41-31-26(18-17-22-14-9-21-37-30(22)31)27-19-20-28-25-15-7-8-16-29(25)42-33(28)32(27)41/h1-21H. The lowest BCUT2D eigenvalue weighted by Crippen LogP contribution is -2.07. The first-order valence-electron chi connectivity index (χ1n) is 13.8. The summed E-state index contributed by atoms with van der Waals surface area (Å²) in [7, 11) is 0. The third-order valence-electron chi connectivity index (χ3n) is 7.89. The second kappa shape index (κ2) is 8.81. The summed E-state index contributed by atoms with van der Waals surface area (Å²) in [4.78, 5) is 20.0. The maximum atomic E-state index is 6.59. The second-order valence-corrected chi connectivity index (χ2v) is 10.3. The van der Waals surface area contributed by atoms with Crippen LogP contribution >= 0.6 is 0 Å². The lowest BCUT2D eigenvalue weighted by atomic mass is 10.1. The van der Waals surface area contributed by atoms with Gasteiger partial charge in [-0.3, -0.25) is 9.55 Å². The molecule has 4 heterocycles. The Hall–Kier alpha value is -5.88. The van der Waals surface area contributed by atoms with Crippen LogP contribution in [0, 0.1) is 0 Å². The molecular weight excluding hydrogens is 518 g/mol. The molecule has 9 rings (SSSR count). The average molecular weight is 540 g/mol. The maximum Gasteiger partial charge on any atom is 0.238 e. The highest BCUT2D eigenvalue weighted by Crippen LogP contribution is 2.41. The van der Waals surface area contributed by atoms with Crippen LogP contribution in [0.2, 0.25) is 0 Å². The molecule has 0 saturated carbocycles. The van der Waals surface area contributed by atoms with Crippen molar-refractivity contribution in [3.63, 3.8) is 0 Å². The van der Waals surface area contributed by atoms with E-state index in [4.69, 9.17) is 24.4 Å². The molecule has 0 spiro atoms. The number of nitrogens with zero attached hydrogens (tertiary/aromatic N) is 5. The van der Waals surface area contributed by atoms with Crippen molar-refractivity contribution in [1.29, 1.82) is 0 Å². The molecule has 6 heteroatoms. The molecular formula is C36H21N5O. The van der Waals surface area contributed by atoms with Crippen LogP contribution in [0.4, 0.5) is 0 Å². The Balaban J connectivity index is 1.49. The molecule has 0 bridgehead atoms. The monoisotopic (exact) mass is 539 g/mol. The Kier molecular flexibility index (Phi) is 4.80. The van der Waals surface area contributed by atoms with Crippen LogP contribution in [0.25, 0.3) is 83.4 Å². The zero-order valence-corrected chi connectivity index (χ0v) is 22.3. The molecule has 9 aromatic rings. The van der Waals surface area contributed by atoms with E-state index in [9.17, 15) is 0 Å². The van der Waals surface area contributed by atoms with Crippen molar-refractivity contribution in [3.8, 4) is 28.7 Å². The van der Waals surface area contributed by atoms with Crippen molar-refractivity contribution in [2.75, 3.05) is 0 Å². The zero-order chi connectivity index (χ0) is 27.6. The summed E-state index contributed by atoms with van der Waals surface area (Å²) in [5.74, 6) is 1.70. The minimum absolute atomic E-state index is 0.508. The van der Waals surface area contributed by atoms with E-state index in [1.54, 1.807) is 0 Å². The Labute approximate surface area is 239 Å². The molecule has 0 atom stereocenters. The average Bonchev–Trinajstić information content (AvgIpc) is 3.62. The minimum atomic E-state index is 0.508. The van der Waals surface area contributed by atoms with Crippen LogP contribution in [0.1, 0.15) is 0 Å². The molecule has 6 nitrogen and oxygen atoms in total. The Bertz CT molecular complexity index is 2400. The first-order valence-corrected chi connectivity index (χ1v) is 13.8. The van der Waals surface area contributed by atoms with Crippen LogP contribution in [0.3, 0.4) is 0 Å². The molecule has 0 saturated heterocycles. The van der Waals surface area contributed by atoms with Crippen molar-refractivity contribution in [3.05, 3.63) is 128 Å². The molecule has 4 aromatic heterocycles. The van der Waals surface area contributed by atoms with E-state index in [1.807, 2.05) is 91.1 Å². The number of hydrogen-bond donors (Lipinski definition) is 0. The van der Waals surface area contributed by atoms with Crippen molar-refractivity contribution >= 4 is 54.6 Å². The number of furan rings is 1. The third-order valence-corrected chi connectivity index (χ3v) is 7.89. The Morgan fingerprint density at radius 1 is 0.500 bits per heavy atom. The Morgan fingerprint density at radius 2 is 1.14 bits per heavy atom. The summed E-state index contributed by atoms with van der Waals surface area (Å²) in [6, 6.07) is 40.8. The normalized spacial score (nSPS) is 11.8. The van der Waals surface area contributed by atoms with Gasteiger partial charge in [0.25, 0.3) is 0 Å². The lowest BCUT2D eigenvalue weighted by molar-refractivity contribution is 0.670. The van der Waals surface area contributed by atoms with E-state index in [2.05, 4.69) is 41.0 Å².